The van der Waals surface area contributed by atoms with E-state index in [2.05, 4.69) is 46.4 Å². The van der Waals surface area contributed by atoms with Crippen LogP contribution in [-0.2, 0) is 17.6 Å². The summed E-state index contributed by atoms with van der Waals surface area (Å²) in [4.78, 5) is 0. The van der Waals surface area contributed by atoms with Crippen molar-refractivity contribution in [3.8, 4) is 0 Å². The summed E-state index contributed by atoms with van der Waals surface area (Å²) in [5, 5.41) is 3.81. The van der Waals surface area contributed by atoms with Crippen molar-refractivity contribution in [3.05, 3.63) is 33.8 Å². The van der Waals surface area contributed by atoms with Crippen LogP contribution in [0.5, 0.6) is 0 Å². The van der Waals surface area contributed by atoms with Crippen molar-refractivity contribution < 1.29 is 4.74 Å². The Bertz CT molecular complexity index is 442. The average Bonchev–Trinajstić information content (AvgIpc) is 2.36. The van der Waals surface area contributed by atoms with E-state index >= 15 is 0 Å². The van der Waals surface area contributed by atoms with Crippen molar-refractivity contribution in [1.29, 1.82) is 0 Å². The zero-order valence-corrected chi connectivity index (χ0v) is 13.1. The van der Waals surface area contributed by atoms with Gasteiger partial charge in [0, 0.05) is 23.2 Å². The zero-order chi connectivity index (χ0) is 13.2. The summed E-state index contributed by atoms with van der Waals surface area (Å²) < 4.78 is 6.83. The number of fused-ring (bicyclic) bond motifs is 1. The molecular weight excluding hydrogens is 302 g/mol. The van der Waals surface area contributed by atoms with Gasteiger partial charge in [-0.3, -0.25) is 0 Å². The molecule has 0 aromatic heterocycles. The molecule has 3 rings (SSSR count). The average molecular weight is 324 g/mol. The first kappa shape index (κ1) is 13.6. The van der Waals surface area contributed by atoms with Gasteiger partial charge < -0.3 is 10.1 Å². The highest BCUT2D eigenvalue weighted by atomic mass is 79.9. The highest BCUT2D eigenvalue weighted by molar-refractivity contribution is 9.10. The van der Waals surface area contributed by atoms with Crippen LogP contribution in [0.25, 0.3) is 0 Å². The summed E-state index contributed by atoms with van der Waals surface area (Å²) in [6.07, 6.45) is 6.54. The maximum atomic E-state index is 5.62. The van der Waals surface area contributed by atoms with Gasteiger partial charge >= 0.3 is 0 Å². The maximum absolute atomic E-state index is 5.62. The third kappa shape index (κ3) is 3.21. The van der Waals surface area contributed by atoms with Gasteiger partial charge in [-0.1, -0.05) is 22.0 Å². The van der Waals surface area contributed by atoms with Gasteiger partial charge in [-0.2, -0.15) is 0 Å². The molecule has 19 heavy (non-hydrogen) atoms. The quantitative estimate of drug-likeness (QED) is 0.916. The van der Waals surface area contributed by atoms with Gasteiger partial charge in [0.15, 0.2) is 0 Å². The number of hydrogen-bond donors (Lipinski definition) is 1. The van der Waals surface area contributed by atoms with E-state index in [1.807, 2.05) is 0 Å². The molecule has 1 N–H and O–H groups in total. The highest BCUT2D eigenvalue weighted by Crippen LogP contribution is 2.28. The van der Waals surface area contributed by atoms with Gasteiger partial charge in [-0.25, -0.2) is 0 Å². The molecule has 1 aromatic rings. The summed E-state index contributed by atoms with van der Waals surface area (Å²) >= 11 is 3.56. The number of benzene rings is 1. The Morgan fingerprint density at radius 2 is 2.11 bits per heavy atom. The predicted octanol–water partition coefficient (Wildman–Crippen LogP) is 3.46. The lowest BCUT2D eigenvalue weighted by molar-refractivity contribution is -0.0127. The molecule has 0 heterocycles. The van der Waals surface area contributed by atoms with Crippen LogP contribution in [0.15, 0.2) is 22.7 Å². The molecule has 2 nitrogen and oxygen atoms in total. The van der Waals surface area contributed by atoms with Crippen molar-refractivity contribution >= 4 is 15.9 Å². The highest BCUT2D eigenvalue weighted by Gasteiger charge is 2.31. The Morgan fingerprint density at radius 1 is 1.26 bits per heavy atom. The number of hydrogen-bond acceptors (Lipinski definition) is 2. The number of halogens is 1. The lowest BCUT2D eigenvalue weighted by Crippen LogP contribution is -2.50. The van der Waals surface area contributed by atoms with E-state index in [-0.39, 0.29) is 0 Å². The summed E-state index contributed by atoms with van der Waals surface area (Å²) in [5.41, 5.74) is 3.04. The van der Waals surface area contributed by atoms with Gasteiger partial charge in [0.05, 0.1) is 6.10 Å². The summed E-state index contributed by atoms with van der Waals surface area (Å²) in [5.74, 6) is 0. The van der Waals surface area contributed by atoms with Gasteiger partial charge in [0.25, 0.3) is 0 Å². The van der Waals surface area contributed by atoms with Crippen molar-refractivity contribution in [2.24, 2.45) is 0 Å². The molecular formula is C16H22BrNO. The predicted molar refractivity (Wildman–Crippen MR) is 81.5 cm³/mol. The van der Waals surface area contributed by atoms with E-state index in [0.717, 1.165) is 6.61 Å². The van der Waals surface area contributed by atoms with Crippen LogP contribution in [0.4, 0.5) is 0 Å². The number of aryl methyl sites for hydroxylation is 1. The maximum Gasteiger partial charge on any atom is 0.0604 e. The Kier molecular flexibility index (Phi) is 4.25. The van der Waals surface area contributed by atoms with Crippen molar-refractivity contribution in [2.45, 2.75) is 57.2 Å². The monoisotopic (exact) mass is 323 g/mol. The molecule has 1 unspecified atom stereocenters. The topological polar surface area (TPSA) is 21.3 Å². The fourth-order valence-corrected chi connectivity index (χ4v) is 3.68. The summed E-state index contributed by atoms with van der Waals surface area (Å²) in [7, 11) is 0. The molecule has 104 valence electrons. The van der Waals surface area contributed by atoms with Crippen LogP contribution in [0.1, 0.15) is 37.3 Å². The third-order valence-electron chi connectivity index (χ3n) is 4.37. The van der Waals surface area contributed by atoms with Crippen LogP contribution >= 0.6 is 15.9 Å². The van der Waals surface area contributed by atoms with E-state index < -0.39 is 0 Å². The van der Waals surface area contributed by atoms with E-state index in [1.165, 1.54) is 47.7 Å². The first-order valence-corrected chi connectivity index (χ1v) is 8.19. The minimum Gasteiger partial charge on any atom is -0.378 e. The molecule has 2 aliphatic rings. The van der Waals surface area contributed by atoms with Crippen molar-refractivity contribution in [2.75, 3.05) is 6.61 Å². The van der Waals surface area contributed by atoms with E-state index in [9.17, 15) is 0 Å². The first-order valence-electron chi connectivity index (χ1n) is 7.39. The molecule has 2 aliphatic carbocycles. The molecule has 1 aromatic carbocycles. The molecule has 3 heteroatoms. The largest absolute Gasteiger partial charge is 0.378 e. The second kappa shape index (κ2) is 5.94. The van der Waals surface area contributed by atoms with Gasteiger partial charge in [0.2, 0.25) is 0 Å². The lowest BCUT2D eigenvalue weighted by Gasteiger charge is -2.39. The third-order valence-corrected chi connectivity index (χ3v) is 4.86. The van der Waals surface area contributed by atoms with E-state index in [1.54, 1.807) is 0 Å². The second-order valence-corrected chi connectivity index (χ2v) is 6.68. The summed E-state index contributed by atoms with van der Waals surface area (Å²) in [6, 6.07) is 8.05. The summed E-state index contributed by atoms with van der Waals surface area (Å²) in [6.45, 7) is 2.93. The Balaban J connectivity index is 1.51. The number of ether oxygens (including phenoxy) is 1. The molecule has 1 saturated carbocycles. The van der Waals surface area contributed by atoms with Gasteiger partial charge in [-0.05, 0) is 62.3 Å². The molecule has 1 atom stereocenters. The van der Waals surface area contributed by atoms with Crippen molar-refractivity contribution in [1.82, 2.24) is 5.32 Å². The minimum atomic E-state index is 0.509. The van der Waals surface area contributed by atoms with Crippen LogP contribution in [0.2, 0.25) is 0 Å². The fourth-order valence-electron chi connectivity index (χ4n) is 3.27. The van der Waals surface area contributed by atoms with Gasteiger partial charge in [-0.15, -0.1) is 0 Å². The minimum absolute atomic E-state index is 0.509. The molecule has 0 amide bonds. The molecule has 0 saturated heterocycles. The molecule has 1 fully saturated rings. The van der Waals surface area contributed by atoms with Crippen molar-refractivity contribution in [3.63, 3.8) is 0 Å². The fraction of sp³-hybridized carbons (Fsp3) is 0.625. The second-order valence-electron chi connectivity index (χ2n) is 5.77. The van der Waals surface area contributed by atoms with E-state index in [4.69, 9.17) is 4.74 Å². The standard InChI is InChI=1S/C16H22BrNO/c1-2-19-16-9-15(10-16)18-14-6-4-11-7-13(17)5-3-12(11)8-14/h3,5,7,14-16,18H,2,4,6,8-10H2,1H3. The molecule has 0 spiro atoms. The van der Waals surface area contributed by atoms with Crippen LogP contribution in [-0.4, -0.2) is 24.8 Å². The SMILES string of the molecule is CCOC1CC(NC2CCc3cc(Br)ccc3C2)C1. The van der Waals surface area contributed by atoms with Gasteiger partial charge in [0.1, 0.15) is 0 Å². The lowest BCUT2D eigenvalue weighted by atomic mass is 9.84. The van der Waals surface area contributed by atoms with Crippen LogP contribution in [0.3, 0.4) is 0 Å². The Labute approximate surface area is 124 Å². The smallest absolute Gasteiger partial charge is 0.0604 e. The Hall–Kier alpha value is -0.380. The number of rotatable bonds is 4. The molecule has 0 bridgehead atoms. The normalized spacial score (nSPS) is 29.7. The van der Waals surface area contributed by atoms with E-state index in [0.29, 0.717) is 18.2 Å². The Morgan fingerprint density at radius 3 is 2.89 bits per heavy atom. The van der Waals surface area contributed by atoms with Crippen LogP contribution in [0, 0.1) is 0 Å². The zero-order valence-electron chi connectivity index (χ0n) is 11.5. The first-order chi connectivity index (χ1) is 9.24. The number of nitrogens with one attached hydrogen (secondary N) is 1. The molecule has 0 aliphatic heterocycles. The van der Waals surface area contributed by atoms with Crippen LogP contribution < -0.4 is 5.32 Å². The molecule has 0 radical (unpaired) electrons.